The van der Waals surface area contributed by atoms with Crippen molar-refractivity contribution < 1.29 is 4.92 Å². The second kappa shape index (κ2) is 7.02. The van der Waals surface area contributed by atoms with Crippen LogP contribution in [0.1, 0.15) is 31.9 Å². The molecule has 20 heavy (non-hydrogen) atoms. The van der Waals surface area contributed by atoms with Crippen molar-refractivity contribution in [2.75, 3.05) is 13.1 Å². The number of hydrogen-bond donors (Lipinski definition) is 1. The van der Waals surface area contributed by atoms with E-state index >= 15 is 0 Å². The largest absolute Gasteiger partial charge is 0.327 e. The predicted molar refractivity (Wildman–Crippen MR) is 82.1 cm³/mol. The second-order valence-electron chi connectivity index (χ2n) is 5.42. The number of nitro benzene ring substituents is 1. The number of nitro groups is 1. The predicted octanol–water partition coefficient (Wildman–Crippen LogP) is 2.75. The lowest BCUT2D eigenvalue weighted by molar-refractivity contribution is -0.386. The molecule has 1 saturated heterocycles. The Morgan fingerprint density at radius 2 is 2.10 bits per heavy atom. The van der Waals surface area contributed by atoms with Crippen LogP contribution in [-0.2, 0) is 0 Å². The molecule has 0 aliphatic carbocycles. The summed E-state index contributed by atoms with van der Waals surface area (Å²) in [6.45, 7) is 5.97. The first-order chi connectivity index (χ1) is 9.00. The Balaban J connectivity index is 0.00000200. The van der Waals surface area contributed by atoms with E-state index in [9.17, 15) is 10.1 Å². The molecule has 2 rings (SSSR count). The SMILES string of the molecule is CC1CN(C(C)c2ccccc2[N+](=O)[O-])CCC1N.Cl. The summed E-state index contributed by atoms with van der Waals surface area (Å²) in [6, 6.07) is 7.29. The van der Waals surface area contributed by atoms with Gasteiger partial charge < -0.3 is 5.73 Å². The minimum atomic E-state index is -0.301. The van der Waals surface area contributed by atoms with E-state index in [0.29, 0.717) is 5.92 Å². The number of likely N-dealkylation sites (tertiary alicyclic amines) is 1. The number of para-hydroxylation sites is 1. The molecule has 1 heterocycles. The molecule has 1 aliphatic rings. The molecule has 5 nitrogen and oxygen atoms in total. The number of piperidine rings is 1. The summed E-state index contributed by atoms with van der Waals surface area (Å²) in [7, 11) is 0. The van der Waals surface area contributed by atoms with Crippen molar-refractivity contribution in [3.63, 3.8) is 0 Å². The maximum Gasteiger partial charge on any atom is 0.274 e. The monoisotopic (exact) mass is 299 g/mol. The molecule has 0 saturated carbocycles. The van der Waals surface area contributed by atoms with Crippen LogP contribution in [-0.4, -0.2) is 29.0 Å². The molecule has 3 atom stereocenters. The first-order valence-corrected chi connectivity index (χ1v) is 6.73. The minimum Gasteiger partial charge on any atom is -0.327 e. The van der Waals surface area contributed by atoms with E-state index < -0.39 is 0 Å². The Hall–Kier alpha value is -1.17. The third-order valence-corrected chi connectivity index (χ3v) is 4.13. The van der Waals surface area contributed by atoms with Crippen molar-refractivity contribution in [1.29, 1.82) is 0 Å². The molecule has 0 aromatic heterocycles. The van der Waals surface area contributed by atoms with Gasteiger partial charge in [-0.2, -0.15) is 0 Å². The first kappa shape index (κ1) is 16.9. The molecule has 3 unspecified atom stereocenters. The number of nitrogens with zero attached hydrogens (tertiary/aromatic N) is 2. The molecular weight excluding hydrogens is 278 g/mol. The van der Waals surface area contributed by atoms with Gasteiger partial charge in [-0.25, -0.2) is 0 Å². The Labute approximate surface area is 125 Å². The molecule has 6 heteroatoms. The number of benzene rings is 1. The summed E-state index contributed by atoms with van der Waals surface area (Å²) in [6.07, 6.45) is 0.951. The third kappa shape index (κ3) is 3.48. The topological polar surface area (TPSA) is 72.4 Å². The van der Waals surface area contributed by atoms with Crippen LogP contribution in [0.2, 0.25) is 0 Å². The van der Waals surface area contributed by atoms with E-state index in [0.717, 1.165) is 25.1 Å². The summed E-state index contributed by atoms with van der Waals surface area (Å²) in [4.78, 5) is 13.1. The van der Waals surface area contributed by atoms with Crippen LogP contribution >= 0.6 is 12.4 Å². The van der Waals surface area contributed by atoms with Gasteiger partial charge in [-0.05, 0) is 19.3 Å². The Morgan fingerprint density at radius 1 is 1.45 bits per heavy atom. The Kier molecular flexibility index (Phi) is 5.92. The summed E-state index contributed by atoms with van der Waals surface area (Å²) in [5.74, 6) is 0.430. The first-order valence-electron chi connectivity index (χ1n) is 6.73. The molecule has 1 fully saturated rings. The van der Waals surface area contributed by atoms with Crippen LogP contribution in [0.5, 0.6) is 0 Å². The van der Waals surface area contributed by atoms with Crippen LogP contribution < -0.4 is 5.73 Å². The molecule has 0 bridgehead atoms. The maximum atomic E-state index is 11.1. The van der Waals surface area contributed by atoms with Crippen molar-refractivity contribution >= 4 is 18.1 Å². The van der Waals surface area contributed by atoms with Crippen LogP contribution in [0.4, 0.5) is 5.69 Å². The highest BCUT2D eigenvalue weighted by atomic mass is 35.5. The normalized spacial score (nSPS) is 24.8. The summed E-state index contributed by atoms with van der Waals surface area (Å²) in [5, 5.41) is 11.1. The number of nitrogens with two attached hydrogens (primary N) is 1. The van der Waals surface area contributed by atoms with Crippen molar-refractivity contribution in [1.82, 2.24) is 4.90 Å². The minimum absolute atomic E-state index is 0. The van der Waals surface area contributed by atoms with Crippen molar-refractivity contribution in [3.05, 3.63) is 39.9 Å². The fraction of sp³-hybridized carbons (Fsp3) is 0.571. The molecule has 1 aliphatic heterocycles. The lowest BCUT2D eigenvalue weighted by Crippen LogP contribution is -2.46. The van der Waals surface area contributed by atoms with Crippen LogP contribution in [0.25, 0.3) is 0 Å². The fourth-order valence-corrected chi connectivity index (χ4v) is 2.75. The van der Waals surface area contributed by atoms with Gasteiger partial charge in [0, 0.05) is 36.8 Å². The summed E-state index contributed by atoms with van der Waals surface area (Å²) in [5.41, 5.74) is 7.02. The van der Waals surface area contributed by atoms with E-state index in [2.05, 4.69) is 11.8 Å². The zero-order valence-electron chi connectivity index (χ0n) is 11.9. The summed E-state index contributed by atoms with van der Waals surface area (Å²) >= 11 is 0. The van der Waals surface area contributed by atoms with Gasteiger partial charge in [-0.3, -0.25) is 15.0 Å². The summed E-state index contributed by atoms with van der Waals surface area (Å²) < 4.78 is 0. The van der Waals surface area contributed by atoms with Gasteiger partial charge in [-0.15, -0.1) is 12.4 Å². The maximum absolute atomic E-state index is 11.1. The Bertz CT molecular complexity index is 469. The zero-order chi connectivity index (χ0) is 14.0. The van der Waals surface area contributed by atoms with Gasteiger partial charge in [0.05, 0.1) is 4.92 Å². The molecule has 0 amide bonds. The van der Waals surface area contributed by atoms with Gasteiger partial charge in [0.15, 0.2) is 0 Å². The number of hydrogen-bond acceptors (Lipinski definition) is 4. The van der Waals surface area contributed by atoms with Gasteiger partial charge in [-0.1, -0.05) is 25.1 Å². The van der Waals surface area contributed by atoms with E-state index in [1.54, 1.807) is 12.1 Å². The van der Waals surface area contributed by atoms with E-state index in [1.807, 2.05) is 19.1 Å². The van der Waals surface area contributed by atoms with Gasteiger partial charge in [0.25, 0.3) is 5.69 Å². The van der Waals surface area contributed by atoms with Crippen molar-refractivity contribution in [2.45, 2.75) is 32.4 Å². The smallest absolute Gasteiger partial charge is 0.274 e. The highest BCUT2D eigenvalue weighted by Gasteiger charge is 2.29. The lowest BCUT2D eigenvalue weighted by atomic mass is 9.92. The average Bonchev–Trinajstić information content (AvgIpc) is 2.41. The standard InChI is InChI=1S/C14H21N3O2.ClH/c1-10-9-16(8-7-13(10)15)11(2)12-5-3-4-6-14(12)17(18)19;/h3-6,10-11,13H,7-9,15H2,1-2H3;1H. The second-order valence-corrected chi connectivity index (χ2v) is 5.42. The molecule has 1 aromatic rings. The average molecular weight is 300 g/mol. The Morgan fingerprint density at radius 3 is 2.70 bits per heavy atom. The van der Waals surface area contributed by atoms with E-state index in [4.69, 9.17) is 5.73 Å². The van der Waals surface area contributed by atoms with Gasteiger partial charge in [0.2, 0.25) is 0 Å². The van der Waals surface area contributed by atoms with Gasteiger partial charge in [0.1, 0.15) is 0 Å². The molecule has 2 N–H and O–H groups in total. The van der Waals surface area contributed by atoms with E-state index in [-0.39, 0.29) is 35.1 Å². The van der Waals surface area contributed by atoms with Crippen molar-refractivity contribution in [3.8, 4) is 0 Å². The molecule has 1 aromatic carbocycles. The molecular formula is C14H22ClN3O2. The van der Waals surface area contributed by atoms with E-state index in [1.165, 1.54) is 0 Å². The number of halogens is 1. The molecule has 112 valence electrons. The quantitative estimate of drug-likeness (QED) is 0.688. The molecule has 0 spiro atoms. The molecule has 0 radical (unpaired) electrons. The van der Waals surface area contributed by atoms with Gasteiger partial charge >= 0.3 is 0 Å². The highest BCUT2D eigenvalue weighted by molar-refractivity contribution is 5.85. The zero-order valence-corrected chi connectivity index (χ0v) is 12.7. The lowest BCUT2D eigenvalue weighted by Gasteiger charge is -2.38. The fourth-order valence-electron chi connectivity index (χ4n) is 2.75. The van der Waals surface area contributed by atoms with Crippen LogP contribution in [0.15, 0.2) is 24.3 Å². The number of rotatable bonds is 3. The highest BCUT2D eigenvalue weighted by Crippen LogP contribution is 2.31. The van der Waals surface area contributed by atoms with Crippen molar-refractivity contribution in [2.24, 2.45) is 11.7 Å². The third-order valence-electron chi connectivity index (χ3n) is 4.13. The van der Waals surface area contributed by atoms with Crippen LogP contribution in [0.3, 0.4) is 0 Å². The van der Waals surface area contributed by atoms with Crippen LogP contribution in [0, 0.1) is 16.0 Å².